The average Bonchev–Trinajstić information content (AvgIpc) is 2.81. The van der Waals surface area contributed by atoms with E-state index in [2.05, 4.69) is 125 Å². The molecule has 0 saturated carbocycles. The van der Waals surface area contributed by atoms with E-state index in [-0.39, 0.29) is 11.3 Å². The van der Waals surface area contributed by atoms with Crippen LogP contribution in [0.4, 0.5) is 0 Å². The Hall–Kier alpha value is -3.19. The minimum Gasteiger partial charge on any atom is -0.261 e. The Morgan fingerprint density at radius 3 is 1.88 bits per heavy atom. The van der Waals surface area contributed by atoms with Gasteiger partial charge in [-0.25, -0.2) is 0 Å². The lowest BCUT2D eigenvalue weighted by Crippen LogP contribution is -2.20. The zero-order chi connectivity index (χ0) is 23.3. The number of rotatable bonds is 7. The number of nitrogens with zero attached hydrogens (tertiary/aromatic N) is 1. The minimum absolute atomic E-state index is 0.131. The topological polar surface area (TPSA) is 12.9 Å². The summed E-state index contributed by atoms with van der Waals surface area (Å²) in [6, 6.07) is 37.2. The van der Waals surface area contributed by atoms with Gasteiger partial charge in [-0.1, -0.05) is 119 Å². The summed E-state index contributed by atoms with van der Waals surface area (Å²) in [5.74, 6) is 1.04. The van der Waals surface area contributed by atoms with Crippen molar-refractivity contribution in [1.29, 1.82) is 0 Å². The van der Waals surface area contributed by atoms with E-state index >= 15 is 0 Å². The molecule has 0 bridgehead atoms. The van der Waals surface area contributed by atoms with Crippen LogP contribution in [0.15, 0.2) is 109 Å². The molecular weight excluding hydrogens is 398 g/mol. The highest BCUT2D eigenvalue weighted by Crippen LogP contribution is 2.41. The summed E-state index contributed by atoms with van der Waals surface area (Å²) >= 11 is 0. The summed E-state index contributed by atoms with van der Waals surface area (Å²) in [6.45, 7) is 9.38. The molecular formula is C32H35N. The monoisotopic (exact) mass is 433 g/mol. The maximum atomic E-state index is 4.74. The molecule has 0 N–H and O–H groups in total. The van der Waals surface area contributed by atoms with Gasteiger partial charge in [-0.15, -0.1) is 0 Å². The van der Waals surface area contributed by atoms with Crippen molar-refractivity contribution in [2.45, 2.75) is 46.0 Å². The summed E-state index contributed by atoms with van der Waals surface area (Å²) in [6.07, 6.45) is 2.92. The number of hydrogen-bond donors (Lipinski definition) is 0. The molecule has 0 saturated heterocycles. The summed E-state index contributed by atoms with van der Waals surface area (Å²) in [5, 5.41) is 0. The molecule has 0 aliphatic carbocycles. The first-order valence-electron chi connectivity index (χ1n) is 12.0. The van der Waals surface area contributed by atoms with E-state index < -0.39 is 0 Å². The van der Waals surface area contributed by atoms with Crippen molar-refractivity contribution in [1.82, 2.24) is 4.98 Å². The molecule has 4 rings (SSSR count). The number of pyridine rings is 1. The van der Waals surface area contributed by atoms with Gasteiger partial charge in [0.25, 0.3) is 0 Å². The van der Waals surface area contributed by atoms with Crippen molar-refractivity contribution >= 4 is 0 Å². The third kappa shape index (κ3) is 5.60. The lowest BCUT2D eigenvalue weighted by Gasteiger charge is -2.32. The third-order valence-electron chi connectivity index (χ3n) is 6.58. The Labute approximate surface area is 199 Å². The van der Waals surface area contributed by atoms with Gasteiger partial charge in [-0.05, 0) is 52.1 Å². The second-order valence-electron chi connectivity index (χ2n) is 10.3. The molecule has 33 heavy (non-hydrogen) atoms. The molecule has 0 radical (unpaired) electrons. The molecule has 0 aliphatic heterocycles. The van der Waals surface area contributed by atoms with Crippen molar-refractivity contribution in [2.75, 3.05) is 0 Å². The van der Waals surface area contributed by atoms with E-state index in [0.29, 0.717) is 11.8 Å². The highest BCUT2D eigenvalue weighted by molar-refractivity contribution is 5.37. The van der Waals surface area contributed by atoms with Crippen LogP contribution in [0, 0.1) is 11.3 Å². The van der Waals surface area contributed by atoms with Crippen LogP contribution in [0.1, 0.15) is 67.5 Å². The Balaban J connectivity index is 1.65. The average molecular weight is 434 g/mol. The Kier molecular flexibility index (Phi) is 7.08. The van der Waals surface area contributed by atoms with Crippen molar-refractivity contribution < 1.29 is 0 Å². The molecule has 1 nitrogen and oxygen atoms in total. The van der Waals surface area contributed by atoms with Crippen molar-refractivity contribution in [3.63, 3.8) is 0 Å². The van der Waals surface area contributed by atoms with Crippen LogP contribution in [-0.2, 0) is 6.42 Å². The van der Waals surface area contributed by atoms with Crippen molar-refractivity contribution in [3.8, 4) is 0 Å². The number of aromatic nitrogens is 1. The summed E-state index contributed by atoms with van der Waals surface area (Å²) in [5.41, 5.74) is 6.77. The zero-order valence-electron chi connectivity index (χ0n) is 20.3. The fraction of sp³-hybridized carbons (Fsp3) is 0.281. The van der Waals surface area contributed by atoms with Crippen LogP contribution in [0.3, 0.4) is 0 Å². The van der Waals surface area contributed by atoms with E-state index in [1.807, 2.05) is 12.3 Å². The summed E-state index contributed by atoms with van der Waals surface area (Å²) in [4.78, 5) is 4.74. The molecule has 3 atom stereocenters. The summed E-state index contributed by atoms with van der Waals surface area (Å²) in [7, 11) is 0. The van der Waals surface area contributed by atoms with E-state index in [1.54, 1.807) is 0 Å². The maximum absolute atomic E-state index is 4.74. The fourth-order valence-electron chi connectivity index (χ4n) is 5.24. The molecule has 3 unspecified atom stereocenters. The van der Waals surface area contributed by atoms with E-state index in [0.717, 1.165) is 12.1 Å². The lowest BCUT2D eigenvalue weighted by atomic mass is 9.72. The normalized spacial score (nSPS) is 14.4. The lowest BCUT2D eigenvalue weighted by molar-refractivity contribution is 0.358. The standard InChI is InChI=1S/C32H35N/c1-24(30(26-15-7-5-8-16-26)29-20-11-12-21-33-29)22-25-14-13-19-28(23-25)31(32(2,3)4)27-17-9-6-10-18-27/h5-21,23-24,30-31H,22H2,1-4H3. The maximum Gasteiger partial charge on any atom is 0.0481 e. The first-order valence-corrected chi connectivity index (χ1v) is 12.0. The van der Waals surface area contributed by atoms with Crippen LogP contribution in [0.5, 0.6) is 0 Å². The van der Waals surface area contributed by atoms with Gasteiger partial charge in [0.05, 0.1) is 0 Å². The van der Waals surface area contributed by atoms with Gasteiger partial charge in [0, 0.05) is 23.7 Å². The molecule has 168 valence electrons. The quantitative estimate of drug-likeness (QED) is 0.286. The second-order valence-corrected chi connectivity index (χ2v) is 10.3. The minimum atomic E-state index is 0.131. The molecule has 0 fully saturated rings. The molecule has 3 aromatic carbocycles. The predicted molar refractivity (Wildman–Crippen MR) is 140 cm³/mol. The smallest absolute Gasteiger partial charge is 0.0481 e. The molecule has 0 spiro atoms. The summed E-state index contributed by atoms with van der Waals surface area (Å²) < 4.78 is 0. The molecule has 0 amide bonds. The van der Waals surface area contributed by atoms with Crippen LogP contribution in [0.2, 0.25) is 0 Å². The number of benzene rings is 3. The molecule has 1 aromatic heterocycles. The Morgan fingerprint density at radius 2 is 1.27 bits per heavy atom. The molecule has 1 heteroatoms. The zero-order valence-corrected chi connectivity index (χ0v) is 20.3. The Morgan fingerprint density at radius 1 is 0.667 bits per heavy atom. The second kappa shape index (κ2) is 10.2. The molecule has 4 aromatic rings. The fourth-order valence-corrected chi connectivity index (χ4v) is 5.24. The van der Waals surface area contributed by atoms with Crippen LogP contribution >= 0.6 is 0 Å². The van der Waals surface area contributed by atoms with Gasteiger partial charge in [-0.3, -0.25) is 4.98 Å². The van der Waals surface area contributed by atoms with E-state index in [4.69, 9.17) is 4.98 Å². The largest absolute Gasteiger partial charge is 0.261 e. The predicted octanol–water partition coefficient (Wildman–Crippen LogP) is 8.27. The first kappa shape index (κ1) is 23.0. The third-order valence-corrected chi connectivity index (χ3v) is 6.58. The van der Waals surface area contributed by atoms with Crippen molar-refractivity contribution in [2.24, 2.45) is 11.3 Å². The van der Waals surface area contributed by atoms with Gasteiger partial charge in [0.15, 0.2) is 0 Å². The SMILES string of the molecule is CC(Cc1cccc(C(c2ccccc2)C(C)(C)C)c1)C(c1ccccc1)c1ccccn1. The number of hydrogen-bond acceptors (Lipinski definition) is 1. The van der Waals surface area contributed by atoms with E-state index in [9.17, 15) is 0 Å². The van der Waals surface area contributed by atoms with Gasteiger partial charge in [0.1, 0.15) is 0 Å². The van der Waals surface area contributed by atoms with Crippen molar-refractivity contribution in [3.05, 3.63) is 137 Å². The van der Waals surface area contributed by atoms with Gasteiger partial charge in [0.2, 0.25) is 0 Å². The highest BCUT2D eigenvalue weighted by Gasteiger charge is 2.28. The molecule has 1 heterocycles. The van der Waals surface area contributed by atoms with Gasteiger partial charge in [-0.2, -0.15) is 0 Å². The van der Waals surface area contributed by atoms with Crippen LogP contribution < -0.4 is 0 Å². The van der Waals surface area contributed by atoms with Crippen LogP contribution in [0.25, 0.3) is 0 Å². The van der Waals surface area contributed by atoms with Gasteiger partial charge < -0.3 is 0 Å². The van der Waals surface area contributed by atoms with Gasteiger partial charge >= 0.3 is 0 Å². The Bertz CT molecular complexity index is 1090. The van der Waals surface area contributed by atoms with E-state index in [1.165, 1.54) is 22.3 Å². The molecule has 0 aliphatic rings. The highest BCUT2D eigenvalue weighted by atomic mass is 14.7. The first-order chi connectivity index (χ1) is 15.9. The van der Waals surface area contributed by atoms with Crippen LogP contribution in [-0.4, -0.2) is 4.98 Å².